The van der Waals surface area contributed by atoms with Gasteiger partial charge in [0.2, 0.25) is 10.0 Å². The van der Waals surface area contributed by atoms with Gasteiger partial charge in [0, 0.05) is 12.2 Å². The fraction of sp³-hybridized carbons (Fsp3) is 0.143. The molecule has 4 nitrogen and oxygen atoms in total. The number of nitrogen functional groups attached to an aromatic ring is 1. The minimum atomic E-state index is -3.53. The summed E-state index contributed by atoms with van der Waals surface area (Å²) in [4.78, 5) is 0.182. The molecule has 0 fully saturated rings. The Hall–Kier alpha value is -1.85. The second-order valence-corrected chi connectivity index (χ2v) is 6.09. The van der Waals surface area contributed by atoms with Crippen molar-refractivity contribution in [3.8, 4) is 0 Å². The van der Waals surface area contributed by atoms with E-state index in [1.165, 1.54) is 12.1 Å². The Kier molecular flexibility index (Phi) is 3.87. The summed E-state index contributed by atoms with van der Waals surface area (Å²) in [7, 11) is -3.53. The molecular weight excluding hydrogens is 260 g/mol. The molecule has 19 heavy (non-hydrogen) atoms. The maximum absolute atomic E-state index is 12.1. The van der Waals surface area contributed by atoms with Crippen molar-refractivity contribution in [2.24, 2.45) is 0 Å². The zero-order chi connectivity index (χ0) is 13.9. The van der Waals surface area contributed by atoms with E-state index in [1.54, 1.807) is 12.1 Å². The van der Waals surface area contributed by atoms with Gasteiger partial charge in [-0.1, -0.05) is 30.3 Å². The van der Waals surface area contributed by atoms with Gasteiger partial charge >= 0.3 is 0 Å². The number of hydrogen-bond donors (Lipinski definition) is 2. The highest BCUT2D eigenvalue weighted by molar-refractivity contribution is 7.89. The summed E-state index contributed by atoms with van der Waals surface area (Å²) >= 11 is 0. The highest BCUT2D eigenvalue weighted by atomic mass is 32.2. The molecule has 0 radical (unpaired) electrons. The van der Waals surface area contributed by atoms with Crippen molar-refractivity contribution < 1.29 is 8.42 Å². The minimum Gasteiger partial charge on any atom is -0.399 e. The smallest absolute Gasteiger partial charge is 0.240 e. The Labute approximate surface area is 113 Å². The second-order valence-electron chi connectivity index (χ2n) is 4.32. The van der Waals surface area contributed by atoms with E-state index in [9.17, 15) is 8.42 Å². The summed E-state index contributed by atoms with van der Waals surface area (Å²) in [6.07, 6.45) is 0. The SMILES string of the molecule is Cc1ccccc1CNS(=O)(=O)c1cccc(N)c1. The Morgan fingerprint density at radius 2 is 1.84 bits per heavy atom. The molecule has 100 valence electrons. The van der Waals surface area contributed by atoms with Crippen LogP contribution in [0.15, 0.2) is 53.4 Å². The zero-order valence-electron chi connectivity index (χ0n) is 10.6. The van der Waals surface area contributed by atoms with Crippen molar-refractivity contribution >= 4 is 15.7 Å². The van der Waals surface area contributed by atoms with E-state index < -0.39 is 10.0 Å². The number of benzene rings is 2. The highest BCUT2D eigenvalue weighted by Crippen LogP contribution is 2.14. The third kappa shape index (κ3) is 3.33. The molecule has 5 heteroatoms. The summed E-state index contributed by atoms with van der Waals surface area (Å²) in [5, 5.41) is 0. The monoisotopic (exact) mass is 276 g/mol. The summed E-state index contributed by atoms with van der Waals surface area (Å²) in [5.74, 6) is 0. The van der Waals surface area contributed by atoms with Crippen LogP contribution < -0.4 is 10.5 Å². The van der Waals surface area contributed by atoms with Gasteiger partial charge in [-0.15, -0.1) is 0 Å². The number of nitrogens with one attached hydrogen (secondary N) is 1. The van der Waals surface area contributed by atoms with Crippen molar-refractivity contribution in [2.45, 2.75) is 18.4 Å². The van der Waals surface area contributed by atoms with E-state index in [1.807, 2.05) is 31.2 Å². The summed E-state index contributed by atoms with van der Waals surface area (Å²) in [5.41, 5.74) is 8.03. The molecule has 0 aliphatic carbocycles. The molecule has 0 unspecified atom stereocenters. The van der Waals surface area contributed by atoms with E-state index in [4.69, 9.17) is 5.73 Å². The van der Waals surface area contributed by atoms with Crippen LogP contribution in [0.5, 0.6) is 0 Å². The molecule has 2 rings (SSSR count). The van der Waals surface area contributed by atoms with Crippen LogP contribution in [0.2, 0.25) is 0 Å². The van der Waals surface area contributed by atoms with Crippen LogP contribution >= 0.6 is 0 Å². The minimum absolute atomic E-state index is 0.182. The van der Waals surface area contributed by atoms with Crippen molar-refractivity contribution in [2.75, 3.05) is 5.73 Å². The predicted molar refractivity (Wildman–Crippen MR) is 76.1 cm³/mol. The fourth-order valence-corrected chi connectivity index (χ4v) is 2.81. The molecule has 0 aromatic heterocycles. The number of sulfonamides is 1. The van der Waals surface area contributed by atoms with Gasteiger partial charge in [0.25, 0.3) is 0 Å². The molecule has 3 N–H and O–H groups in total. The van der Waals surface area contributed by atoms with Crippen LogP contribution in [0.3, 0.4) is 0 Å². The van der Waals surface area contributed by atoms with Gasteiger partial charge < -0.3 is 5.73 Å². The molecule has 0 spiro atoms. The lowest BCUT2D eigenvalue weighted by molar-refractivity contribution is 0.581. The average Bonchev–Trinajstić information content (AvgIpc) is 2.38. The molecular formula is C14H16N2O2S. The van der Waals surface area contributed by atoms with Crippen LogP contribution in [0.4, 0.5) is 5.69 Å². The highest BCUT2D eigenvalue weighted by Gasteiger charge is 2.13. The van der Waals surface area contributed by atoms with Crippen molar-refractivity contribution in [1.29, 1.82) is 0 Å². The molecule has 0 aliphatic rings. The van der Waals surface area contributed by atoms with E-state index >= 15 is 0 Å². The molecule has 0 saturated heterocycles. The lowest BCUT2D eigenvalue weighted by atomic mass is 10.1. The molecule has 0 atom stereocenters. The fourth-order valence-electron chi connectivity index (χ4n) is 1.75. The van der Waals surface area contributed by atoms with Crippen LogP contribution in [-0.4, -0.2) is 8.42 Å². The first-order chi connectivity index (χ1) is 8.99. The van der Waals surface area contributed by atoms with Gasteiger partial charge in [-0.2, -0.15) is 0 Å². The molecule has 0 saturated carbocycles. The van der Waals surface area contributed by atoms with Gasteiger partial charge in [-0.25, -0.2) is 13.1 Å². The summed E-state index contributed by atoms with van der Waals surface area (Å²) in [6.45, 7) is 2.22. The Morgan fingerprint density at radius 3 is 2.53 bits per heavy atom. The topological polar surface area (TPSA) is 72.2 Å². The predicted octanol–water partition coefficient (Wildman–Crippen LogP) is 2.06. The van der Waals surface area contributed by atoms with Crippen LogP contribution in [0, 0.1) is 6.92 Å². The van der Waals surface area contributed by atoms with Crippen LogP contribution in [0.25, 0.3) is 0 Å². The molecule has 0 aliphatic heterocycles. The standard InChI is InChI=1S/C14H16N2O2S/c1-11-5-2-3-6-12(11)10-16-19(17,18)14-8-4-7-13(15)9-14/h2-9,16H,10,15H2,1H3. The molecule has 2 aromatic rings. The third-order valence-electron chi connectivity index (χ3n) is 2.88. The lowest BCUT2D eigenvalue weighted by Crippen LogP contribution is -2.23. The maximum Gasteiger partial charge on any atom is 0.240 e. The van der Waals surface area contributed by atoms with E-state index in [0.29, 0.717) is 5.69 Å². The number of rotatable bonds is 4. The molecule has 2 aromatic carbocycles. The van der Waals surface area contributed by atoms with Gasteiger partial charge in [0.1, 0.15) is 0 Å². The van der Waals surface area contributed by atoms with Crippen LogP contribution in [-0.2, 0) is 16.6 Å². The molecule has 0 amide bonds. The van der Waals surface area contributed by atoms with E-state index in [0.717, 1.165) is 11.1 Å². The summed E-state index contributed by atoms with van der Waals surface area (Å²) in [6, 6.07) is 13.9. The normalized spacial score (nSPS) is 11.4. The van der Waals surface area contributed by atoms with E-state index in [2.05, 4.69) is 4.72 Å². The Morgan fingerprint density at radius 1 is 1.11 bits per heavy atom. The van der Waals surface area contributed by atoms with Crippen molar-refractivity contribution in [3.63, 3.8) is 0 Å². The first-order valence-corrected chi connectivity index (χ1v) is 7.37. The van der Waals surface area contributed by atoms with Gasteiger partial charge in [0.05, 0.1) is 4.90 Å². The number of hydrogen-bond acceptors (Lipinski definition) is 3. The quantitative estimate of drug-likeness (QED) is 0.840. The number of nitrogens with two attached hydrogens (primary N) is 1. The largest absolute Gasteiger partial charge is 0.399 e. The molecule has 0 heterocycles. The first kappa shape index (κ1) is 13.6. The lowest BCUT2D eigenvalue weighted by Gasteiger charge is -2.09. The molecule has 0 bridgehead atoms. The maximum atomic E-state index is 12.1. The van der Waals surface area contributed by atoms with Gasteiger partial charge in [-0.3, -0.25) is 0 Å². The van der Waals surface area contributed by atoms with Crippen molar-refractivity contribution in [1.82, 2.24) is 4.72 Å². The van der Waals surface area contributed by atoms with E-state index in [-0.39, 0.29) is 11.4 Å². The van der Waals surface area contributed by atoms with Gasteiger partial charge in [0.15, 0.2) is 0 Å². The van der Waals surface area contributed by atoms with Gasteiger partial charge in [-0.05, 0) is 36.2 Å². The zero-order valence-corrected chi connectivity index (χ0v) is 11.4. The number of aryl methyl sites for hydroxylation is 1. The van der Waals surface area contributed by atoms with Crippen LogP contribution in [0.1, 0.15) is 11.1 Å². The Bertz CT molecular complexity index is 681. The third-order valence-corrected chi connectivity index (χ3v) is 4.28. The number of anilines is 1. The second kappa shape index (κ2) is 5.42. The Balaban J connectivity index is 2.17. The summed E-state index contributed by atoms with van der Waals surface area (Å²) < 4.78 is 26.8. The first-order valence-electron chi connectivity index (χ1n) is 5.89. The van der Waals surface area contributed by atoms with Crippen molar-refractivity contribution in [3.05, 3.63) is 59.7 Å². The average molecular weight is 276 g/mol.